The van der Waals surface area contributed by atoms with Gasteiger partial charge in [-0.2, -0.15) is 0 Å². The van der Waals surface area contributed by atoms with E-state index < -0.39 is 12.6 Å². The Kier molecular flexibility index (Phi) is 6.59. The number of pyridine rings is 1. The second-order valence-electron chi connectivity index (χ2n) is 5.23. The molecule has 3 heterocycles. The Balaban J connectivity index is 1.66. The monoisotopic (exact) mass is 390 g/mol. The van der Waals surface area contributed by atoms with Gasteiger partial charge in [-0.1, -0.05) is 12.1 Å². The van der Waals surface area contributed by atoms with E-state index in [0.717, 1.165) is 9.75 Å². The normalized spacial score (nSPS) is 11.7. The zero-order chi connectivity index (χ0) is 18.2. The summed E-state index contributed by atoms with van der Waals surface area (Å²) in [7, 11) is 1.41. The van der Waals surface area contributed by atoms with Crippen LogP contribution in [0.4, 0.5) is 4.79 Å². The van der Waals surface area contributed by atoms with E-state index in [2.05, 4.69) is 4.98 Å². The Morgan fingerprint density at radius 2 is 1.81 bits per heavy atom. The fourth-order valence-electron chi connectivity index (χ4n) is 2.17. The standard InChI is InChI=1S/C18H18N2O4S2/c1-22-18(23-14-5-2-8-19-11-14)24-17(21)20(12-15-6-3-9-25-15)13-16-7-4-10-26-16/h2-11,18H,12-13H2,1H3. The molecule has 1 atom stereocenters. The second-order valence-corrected chi connectivity index (χ2v) is 7.29. The Bertz CT molecular complexity index is 743. The van der Waals surface area contributed by atoms with Crippen molar-refractivity contribution in [1.29, 1.82) is 0 Å². The summed E-state index contributed by atoms with van der Waals surface area (Å²) in [5.74, 6) is 0.454. The first-order chi connectivity index (χ1) is 12.7. The number of aromatic nitrogens is 1. The average Bonchev–Trinajstić information content (AvgIpc) is 3.35. The van der Waals surface area contributed by atoms with Crippen LogP contribution in [0.3, 0.4) is 0 Å². The minimum atomic E-state index is -1.15. The van der Waals surface area contributed by atoms with Crippen molar-refractivity contribution in [3.63, 3.8) is 0 Å². The summed E-state index contributed by atoms with van der Waals surface area (Å²) in [4.78, 5) is 20.4. The Labute approximate surface area is 159 Å². The van der Waals surface area contributed by atoms with Gasteiger partial charge in [0.25, 0.3) is 0 Å². The van der Waals surface area contributed by atoms with E-state index in [1.54, 1.807) is 45.9 Å². The zero-order valence-corrected chi connectivity index (χ0v) is 15.7. The lowest BCUT2D eigenvalue weighted by molar-refractivity contribution is -0.205. The number of carbonyl (C=O) groups excluding carboxylic acids is 1. The second kappa shape index (κ2) is 9.33. The van der Waals surface area contributed by atoms with Crippen molar-refractivity contribution in [2.24, 2.45) is 0 Å². The summed E-state index contributed by atoms with van der Waals surface area (Å²) in [5.41, 5.74) is 0. The van der Waals surface area contributed by atoms with Crippen molar-refractivity contribution in [2.75, 3.05) is 7.11 Å². The Hall–Kier alpha value is -2.42. The maximum absolute atomic E-state index is 12.7. The molecule has 0 aliphatic heterocycles. The quantitative estimate of drug-likeness (QED) is 0.535. The highest BCUT2D eigenvalue weighted by molar-refractivity contribution is 7.10. The van der Waals surface area contributed by atoms with Gasteiger partial charge in [-0.05, 0) is 35.0 Å². The molecule has 0 bridgehead atoms. The van der Waals surface area contributed by atoms with Crippen LogP contribution in [0.2, 0.25) is 0 Å². The predicted octanol–water partition coefficient (Wildman–Crippen LogP) is 4.35. The molecule has 0 N–H and O–H groups in total. The SMILES string of the molecule is COC(OC(=O)N(Cc1cccs1)Cc1cccs1)Oc1cccnc1. The minimum absolute atomic E-state index is 0.454. The lowest BCUT2D eigenvalue weighted by atomic mass is 10.4. The number of carbonyl (C=O) groups is 1. The highest BCUT2D eigenvalue weighted by Gasteiger charge is 2.22. The number of hydrogen-bond donors (Lipinski definition) is 0. The molecule has 0 aliphatic rings. The van der Waals surface area contributed by atoms with Gasteiger partial charge >= 0.3 is 12.6 Å². The molecule has 3 aromatic heterocycles. The predicted molar refractivity (Wildman–Crippen MR) is 100 cm³/mol. The van der Waals surface area contributed by atoms with Crippen molar-refractivity contribution < 1.29 is 19.0 Å². The number of methoxy groups -OCH3 is 1. The molecular weight excluding hydrogens is 372 g/mol. The summed E-state index contributed by atoms with van der Waals surface area (Å²) in [6.45, 7) is -0.240. The van der Waals surface area contributed by atoms with Gasteiger partial charge in [0.05, 0.1) is 19.3 Å². The highest BCUT2D eigenvalue weighted by atomic mass is 32.1. The number of hydrogen-bond acceptors (Lipinski definition) is 7. The first-order valence-electron chi connectivity index (χ1n) is 7.84. The van der Waals surface area contributed by atoms with Gasteiger partial charge in [-0.25, -0.2) is 4.79 Å². The molecular formula is C18H18N2O4S2. The van der Waals surface area contributed by atoms with Crippen LogP contribution < -0.4 is 4.74 Å². The molecule has 0 aliphatic carbocycles. The number of thiophene rings is 2. The Morgan fingerprint density at radius 3 is 2.31 bits per heavy atom. The van der Waals surface area contributed by atoms with E-state index >= 15 is 0 Å². The van der Waals surface area contributed by atoms with Crippen LogP contribution in [0.1, 0.15) is 9.75 Å². The number of rotatable bonds is 8. The van der Waals surface area contributed by atoms with E-state index in [1.165, 1.54) is 13.3 Å². The van der Waals surface area contributed by atoms with Crippen molar-refractivity contribution in [1.82, 2.24) is 9.88 Å². The fourth-order valence-corrected chi connectivity index (χ4v) is 3.61. The topological polar surface area (TPSA) is 60.9 Å². The molecule has 3 rings (SSSR count). The van der Waals surface area contributed by atoms with Crippen LogP contribution in [0.15, 0.2) is 59.6 Å². The van der Waals surface area contributed by atoms with Crippen molar-refractivity contribution in [3.05, 3.63) is 69.3 Å². The summed E-state index contributed by atoms with van der Waals surface area (Å²) < 4.78 is 16.0. The smallest absolute Gasteiger partial charge is 0.415 e. The third-order valence-corrected chi connectivity index (χ3v) is 5.09. The van der Waals surface area contributed by atoms with Crippen LogP contribution in [-0.2, 0) is 22.6 Å². The maximum Gasteiger partial charge on any atom is 0.415 e. The van der Waals surface area contributed by atoms with Crippen molar-refractivity contribution in [3.8, 4) is 5.75 Å². The van der Waals surface area contributed by atoms with Gasteiger partial charge in [-0.3, -0.25) is 9.88 Å². The molecule has 0 spiro atoms. The maximum atomic E-state index is 12.7. The molecule has 26 heavy (non-hydrogen) atoms. The third-order valence-electron chi connectivity index (χ3n) is 3.37. The van der Waals surface area contributed by atoms with E-state index in [-0.39, 0.29) is 0 Å². The molecule has 3 aromatic rings. The van der Waals surface area contributed by atoms with Gasteiger partial charge in [-0.15, -0.1) is 22.7 Å². The molecule has 0 aromatic carbocycles. The molecule has 6 nitrogen and oxygen atoms in total. The lowest BCUT2D eigenvalue weighted by Gasteiger charge is -2.24. The summed E-state index contributed by atoms with van der Waals surface area (Å²) in [6.07, 6.45) is 2.64. The van der Waals surface area contributed by atoms with E-state index in [0.29, 0.717) is 18.8 Å². The zero-order valence-electron chi connectivity index (χ0n) is 14.1. The first-order valence-corrected chi connectivity index (χ1v) is 9.60. The number of amides is 1. The van der Waals surface area contributed by atoms with Gasteiger partial charge in [0.2, 0.25) is 0 Å². The molecule has 1 unspecified atom stereocenters. The largest absolute Gasteiger partial charge is 0.430 e. The fraction of sp³-hybridized carbons (Fsp3) is 0.222. The minimum Gasteiger partial charge on any atom is -0.430 e. The van der Waals surface area contributed by atoms with Gasteiger partial charge in [0.15, 0.2) is 0 Å². The highest BCUT2D eigenvalue weighted by Crippen LogP contribution is 2.19. The summed E-state index contributed by atoms with van der Waals surface area (Å²) >= 11 is 3.18. The molecule has 136 valence electrons. The van der Waals surface area contributed by atoms with E-state index in [1.807, 2.05) is 35.0 Å². The van der Waals surface area contributed by atoms with Gasteiger partial charge < -0.3 is 14.2 Å². The summed E-state index contributed by atoms with van der Waals surface area (Å²) in [5, 5.41) is 3.96. The molecule has 0 radical (unpaired) electrons. The van der Waals surface area contributed by atoms with Crippen LogP contribution in [0.25, 0.3) is 0 Å². The van der Waals surface area contributed by atoms with Crippen LogP contribution in [0.5, 0.6) is 5.75 Å². The average molecular weight is 390 g/mol. The van der Waals surface area contributed by atoms with Gasteiger partial charge in [0, 0.05) is 23.1 Å². The van der Waals surface area contributed by atoms with Gasteiger partial charge in [0.1, 0.15) is 5.75 Å². The third kappa shape index (κ3) is 5.29. The molecule has 0 saturated heterocycles. The molecule has 1 amide bonds. The lowest BCUT2D eigenvalue weighted by Crippen LogP contribution is -2.36. The van der Waals surface area contributed by atoms with Crippen molar-refractivity contribution in [2.45, 2.75) is 19.6 Å². The first kappa shape index (κ1) is 18.4. The van der Waals surface area contributed by atoms with Crippen molar-refractivity contribution >= 4 is 28.8 Å². The molecule has 0 fully saturated rings. The Morgan fingerprint density at radius 1 is 1.12 bits per heavy atom. The molecule has 0 saturated carbocycles. The summed E-state index contributed by atoms with van der Waals surface area (Å²) in [6, 6.07) is 11.3. The molecule has 8 heteroatoms. The number of nitrogens with zero attached hydrogens (tertiary/aromatic N) is 2. The number of ether oxygens (including phenoxy) is 3. The van der Waals surface area contributed by atoms with Crippen LogP contribution >= 0.6 is 22.7 Å². The van der Waals surface area contributed by atoms with E-state index in [4.69, 9.17) is 14.2 Å². The van der Waals surface area contributed by atoms with Crippen LogP contribution in [0, 0.1) is 0 Å². The van der Waals surface area contributed by atoms with E-state index in [9.17, 15) is 4.79 Å². The van der Waals surface area contributed by atoms with Crippen LogP contribution in [-0.4, -0.2) is 29.6 Å².